The molecule has 20 heavy (non-hydrogen) atoms. The summed E-state index contributed by atoms with van der Waals surface area (Å²) in [5, 5.41) is 1.02. The Labute approximate surface area is 133 Å². The van der Waals surface area contributed by atoms with Crippen LogP contribution in [-0.4, -0.2) is 7.11 Å². The first-order valence-electron chi connectivity index (χ1n) is 5.94. The van der Waals surface area contributed by atoms with E-state index in [0.29, 0.717) is 28.3 Å². The van der Waals surface area contributed by atoms with Crippen LogP contribution in [0.3, 0.4) is 0 Å². The Morgan fingerprint density at radius 3 is 2.55 bits per heavy atom. The summed E-state index contributed by atoms with van der Waals surface area (Å²) in [6, 6.07) is 11.0. The Hall–Kier alpha value is -1.09. The van der Waals surface area contributed by atoms with E-state index in [1.807, 2.05) is 30.3 Å². The summed E-state index contributed by atoms with van der Waals surface area (Å²) in [4.78, 5) is 0. The minimum atomic E-state index is 0.329. The van der Waals surface area contributed by atoms with Crippen molar-refractivity contribution in [3.63, 3.8) is 0 Å². The SMILES string of the molecule is COc1ccc(OCc2cccc(Cl)c2Cl)c(CCl)c1. The number of ether oxygens (including phenoxy) is 2. The second-order valence-electron chi connectivity index (χ2n) is 4.11. The van der Waals surface area contributed by atoms with Crippen LogP contribution >= 0.6 is 34.8 Å². The highest BCUT2D eigenvalue weighted by Crippen LogP contribution is 2.29. The molecule has 0 heterocycles. The molecule has 0 aromatic heterocycles. The van der Waals surface area contributed by atoms with E-state index in [9.17, 15) is 0 Å². The van der Waals surface area contributed by atoms with Gasteiger partial charge in [0.25, 0.3) is 0 Å². The zero-order valence-electron chi connectivity index (χ0n) is 10.8. The van der Waals surface area contributed by atoms with Crippen molar-refractivity contribution in [1.29, 1.82) is 0 Å². The van der Waals surface area contributed by atoms with Crippen molar-refractivity contribution in [2.24, 2.45) is 0 Å². The first-order valence-corrected chi connectivity index (χ1v) is 7.23. The monoisotopic (exact) mass is 330 g/mol. The van der Waals surface area contributed by atoms with Gasteiger partial charge in [-0.2, -0.15) is 0 Å². The lowest BCUT2D eigenvalue weighted by atomic mass is 10.2. The molecule has 0 aliphatic rings. The van der Waals surface area contributed by atoms with Crippen LogP contribution in [0.15, 0.2) is 36.4 Å². The fraction of sp³-hybridized carbons (Fsp3) is 0.200. The van der Waals surface area contributed by atoms with Gasteiger partial charge in [0, 0.05) is 11.1 Å². The number of methoxy groups -OCH3 is 1. The molecule has 0 aliphatic heterocycles. The van der Waals surface area contributed by atoms with Crippen LogP contribution in [0.25, 0.3) is 0 Å². The van der Waals surface area contributed by atoms with Gasteiger partial charge in [0.1, 0.15) is 18.1 Å². The number of alkyl halides is 1. The summed E-state index contributed by atoms with van der Waals surface area (Å²) >= 11 is 18.0. The molecule has 0 fully saturated rings. The fourth-order valence-corrected chi connectivity index (χ4v) is 2.33. The maximum absolute atomic E-state index is 6.12. The van der Waals surface area contributed by atoms with Gasteiger partial charge in [-0.15, -0.1) is 11.6 Å². The van der Waals surface area contributed by atoms with Crippen molar-refractivity contribution in [3.8, 4) is 11.5 Å². The van der Waals surface area contributed by atoms with Crippen molar-refractivity contribution in [3.05, 3.63) is 57.6 Å². The summed E-state index contributed by atoms with van der Waals surface area (Å²) in [7, 11) is 1.61. The van der Waals surface area contributed by atoms with E-state index in [2.05, 4.69) is 0 Å². The van der Waals surface area contributed by atoms with Gasteiger partial charge in [-0.25, -0.2) is 0 Å². The van der Waals surface area contributed by atoms with Crippen molar-refractivity contribution >= 4 is 34.8 Å². The van der Waals surface area contributed by atoms with Crippen molar-refractivity contribution in [1.82, 2.24) is 0 Å². The van der Waals surface area contributed by atoms with E-state index < -0.39 is 0 Å². The van der Waals surface area contributed by atoms with Gasteiger partial charge in [-0.3, -0.25) is 0 Å². The molecule has 0 saturated carbocycles. The summed E-state index contributed by atoms with van der Waals surface area (Å²) in [5.41, 5.74) is 1.69. The zero-order valence-corrected chi connectivity index (χ0v) is 13.1. The predicted molar refractivity (Wildman–Crippen MR) is 83.3 cm³/mol. The average Bonchev–Trinajstić information content (AvgIpc) is 2.48. The maximum atomic E-state index is 6.12. The Bertz CT molecular complexity index is 600. The van der Waals surface area contributed by atoms with Gasteiger partial charge in [0.05, 0.1) is 23.0 Å². The summed E-state index contributed by atoms with van der Waals surface area (Å²) in [6.07, 6.45) is 0. The molecule has 2 aromatic carbocycles. The van der Waals surface area contributed by atoms with Crippen molar-refractivity contribution in [2.75, 3.05) is 7.11 Å². The zero-order chi connectivity index (χ0) is 14.5. The molecular formula is C15H13Cl3O2. The van der Waals surface area contributed by atoms with Crippen molar-refractivity contribution in [2.45, 2.75) is 12.5 Å². The third kappa shape index (κ3) is 3.51. The Kier molecular flexibility index (Phi) is 5.41. The Morgan fingerprint density at radius 1 is 1.05 bits per heavy atom. The highest BCUT2D eigenvalue weighted by atomic mass is 35.5. The standard InChI is InChI=1S/C15H13Cl3O2/c1-19-12-5-6-14(11(7-12)8-16)20-9-10-3-2-4-13(17)15(10)18/h2-7H,8-9H2,1H3. The first kappa shape index (κ1) is 15.3. The number of benzene rings is 2. The molecule has 2 rings (SSSR count). The van der Waals surface area contributed by atoms with Crippen LogP contribution in [0.1, 0.15) is 11.1 Å². The lowest BCUT2D eigenvalue weighted by molar-refractivity contribution is 0.303. The van der Waals surface area contributed by atoms with Gasteiger partial charge in [0.2, 0.25) is 0 Å². The van der Waals surface area contributed by atoms with Gasteiger partial charge >= 0.3 is 0 Å². The molecule has 0 unspecified atom stereocenters. The van der Waals surface area contributed by atoms with E-state index in [1.54, 1.807) is 13.2 Å². The smallest absolute Gasteiger partial charge is 0.124 e. The molecule has 0 bridgehead atoms. The summed E-state index contributed by atoms with van der Waals surface area (Å²) in [6.45, 7) is 0.329. The lowest BCUT2D eigenvalue weighted by Crippen LogP contribution is -1.99. The molecule has 2 nitrogen and oxygen atoms in total. The normalized spacial score (nSPS) is 10.4. The van der Waals surface area contributed by atoms with E-state index in [4.69, 9.17) is 44.3 Å². The minimum Gasteiger partial charge on any atom is -0.497 e. The topological polar surface area (TPSA) is 18.5 Å². The fourth-order valence-electron chi connectivity index (χ4n) is 1.74. The second-order valence-corrected chi connectivity index (χ2v) is 5.16. The predicted octanol–water partition coefficient (Wildman–Crippen LogP) is 5.32. The summed E-state index contributed by atoms with van der Waals surface area (Å²) in [5.74, 6) is 1.79. The average molecular weight is 332 g/mol. The molecule has 5 heteroatoms. The molecule has 0 amide bonds. The number of halogens is 3. The largest absolute Gasteiger partial charge is 0.497 e. The quantitative estimate of drug-likeness (QED) is 0.690. The maximum Gasteiger partial charge on any atom is 0.124 e. The third-order valence-electron chi connectivity index (χ3n) is 2.83. The molecule has 0 spiro atoms. The third-order valence-corrected chi connectivity index (χ3v) is 3.97. The number of hydrogen-bond donors (Lipinski definition) is 0. The molecule has 0 N–H and O–H groups in total. The van der Waals surface area contributed by atoms with E-state index in [1.165, 1.54) is 0 Å². The van der Waals surface area contributed by atoms with E-state index in [-0.39, 0.29) is 0 Å². The van der Waals surface area contributed by atoms with Crippen molar-refractivity contribution < 1.29 is 9.47 Å². The van der Waals surface area contributed by atoms with Crippen LogP contribution in [0.4, 0.5) is 0 Å². The molecule has 0 saturated heterocycles. The number of hydrogen-bond acceptors (Lipinski definition) is 2. The van der Waals surface area contributed by atoms with Gasteiger partial charge in [-0.1, -0.05) is 35.3 Å². The minimum absolute atomic E-state index is 0.329. The van der Waals surface area contributed by atoms with Crippen LogP contribution in [0.5, 0.6) is 11.5 Å². The van der Waals surface area contributed by atoms with Crippen LogP contribution in [0.2, 0.25) is 10.0 Å². The molecule has 106 valence electrons. The lowest BCUT2D eigenvalue weighted by Gasteiger charge is -2.12. The van der Waals surface area contributed by atoms with Gasteiger partial charge in [0.15, 0.2) is 0 Å². The van der Waals surface area contributed by atoms with Crippen LogP contribution in [-0.2, 0) is 12.5 Å². The molecule has 0 radical (unpaired) electrons. The molecule has 0 aliphatic carbocycles. The Balaban J connectivity index is 2.16. The summed E-state index contributed by atoms with van der Waals surface area (Å²) < 4.78 is 10.9. The highest BCUT2D eigenvalue weighted by molar-refractivity contribution is 6.42. The molecular weight excluding hydrogens is 319 g/mol. The first-order chi connectivity index (χ1) is 9.65. The highest BCUT2D eigenvalue weighted by Gasteiger charge is 2.08. The molecule has 2 aromatic rings. The number of rotatable bonds is 5. The molecule has 0 atom stereocenters. The van der Waals surface area contributed by atoms with Crippen LogP contribution in [0, 0.1) is 0 Å². The van der Waals surface area contributed by atoms with E-state index >= 15 is 0 Å². The van der Waals surface area contributed by atoms with Gasteiger partial charge < -0.3 is 9.47 Å². The van der Waals surface area contributed by atoms with Crippen LogP contribution < -0.4 is 9.47 Å². The second kappa shape index (κ2) is 7.07. The van der Waals surface area contributed by atoms with E-state index in [0.717, 1.165) is 16.9 Å². The van der Waals surface area contributed by atoms with Gasteiger partial charge in [-0.05, 0) is 24.3 Å². The Morgan fingerprint density at radius 2 is 1.85 bits per heavy atom.